The highest BCUT2D eigenvalue weighted by Gasteiger charge is 2.23. The van der Waals surface area contributed by atoms with Crippen molar-refractivity contribution < 1.29 is 19.4 Å². The number of pyridine rings is 1. The molecule has 0 saturated heterocycles. The minimum atomic E-state index is -0.832. The summed E-state index contributed by atoms with van der Waals surface area (Å²) in [6, 6.07) is 18.5. The third kappa shape index (κ3) is 5.19. The highest BCUT2D eigenvalue weighted by molar-refractivity contribution is 5.91. The van der Waals surface area contributed by atoms with Crippen molar-refractivity contribution in [3.63, 3.8) is 0 Å². The summed E-state index contributed by atoms with van der Waals surface area (Å²) in [5.41, 5.74) is 10.6. The fourth-order valence-electron chi connectivity index (χ4n) is 4.09. The molecule has 4 N–H and O–H groups in total. The molecule has 7 nitrogen and oxygen atoms in total. The Morgan fingerprint density at radius 2 is 1.91 bits per heavy atom. The number of nitrogens with zero attached hydrogens (tertiary/aromatic N) is 3. The van der Waals surface area contributed by atoms with Crippen LogP contribution in [0.1, 0.15) is 21.6 Å². The van der Waals surface area contributed by atoms with Crippen LogP contribution in [-0.2, 0) is 13.2 Å². The van der Waals surface area contributed by atoms with Gasteiger partial charge in [0.2, 0.25) is 0 Å². The summed E-state index contributed by atoms with van der Waals surface area (Å²) in [5.74, 6) is -0.585. The van der Waals surface area contributed by atoms with E-state index in [-0.39, 0.29) is 12.3 Å². The maximum atomic E-state index is 13.0. The lowest BCUT2D eigenvalue weighted by Crippen LogP contribution is -2.36. The number of anilines is 2. The lowest BCUT2D eigenvalue weighted by atomic mass is 10.0. The second kappa shape index (κ2) is 10.1. The van der Waals surface area contributed by atoms with Crippen LogP contribution in [0.2, 0.25) is 0 Å². The number of β-amino-alcohol motifs (C(OH)–C–C–N with tert-alkyl or cyclic N) is 1. The van der Waals surface area contributed by atoms with Crippen molar-refractivity contribution >= 4 is 17.3 Å². The summed E-state index contributed by atoms with van der Waals surface area (Å²) in [6.07, 6.45) is -0.832. The predicted molar refractivity (Wildman–Crippen MR) is 125 cm³/mol. The fourth-order valence-corrected chi connectivity index (χ4v) is 4.09. The fraction of sp³-hybridized carbons (Fsp3) is 0.280. The maximum absolute atomic E-state index is 13.0. The first-order chi connectivity index (χ1) is 16.0. The minimum absolute atomic E-state index is 0.199. The molecule has 1 aliphatic rings. The number of hydrogen-bond acceptors (Lipinski definition) is 6. The molecule has 0 fully saturated rings. The molecule has 1 aliphatic heterocycles. The van der Waals surface area contributed by atoms with E-state index >= 15 is 0 Å². The number of fused-ring (bicyclic) bond motifs is 1. The molecule has 33 heavy (non-hydrogen) atoms. The van der Waals surface area contributed by atoms with Crippen LogP contribution in [0.5, 0.6) is 0 Å². The Hall–Kier alpha value is -3.33. The second-order valence-corrected chi connectivity index (χ2v) is 8.14. The Morgan fingerprint density at radius 3 is 2.61 bits per heavy atom. The van der Waals surface area contributed by atoms with Crippen molar-refractivity contribution in [2.24, 2.45) is 5.73 Å². The maximum Gasteiger partial charge on any atom is 0.267 e. The van der Waals surface area contributed by atoms with Crippen LogP contribution in [0.3, 0.4) is 0 Å². The van der Waals surface area contributed by atoms with Gasteiger partial charge >= 0.3 is 0 Å². The number of aliphatic hydroxyl groups is 2. The molecule has 1 atom stereocenters. The number of aromatic nitrogens is 1. The molecule has 0 spiro atoms. The van der Waals surface area contributed by atoms with Gasteiger partial charge in [0.25, 0.3) is 5.91 Å². The predicted octanol–water partition coefficient (Wildman–Crippen LogP) is 2.62. The number of aliphatic hydroxyl groups excluding tert-OH is 2. The molecule has 2 aromatic carbocycles. The van der Waals surface area contributed by atoms with E-state index in [1.165, 1.54) is 0 Å². The average Bonchev–Trinajstić information content (AvgIpc) is 3.02. The number of carbonyl (C=O) groups excluding carboxylic acids is 1. The molecular formula is C25H27FN4O3. The lowest BCUT2D eigenvalue weighted by Gasteiger charge is -2.26. The monoisotopic (exact) mass is 450 g/mol. The SMILES string of the molecule is NC(=O)c1cccc(-c2ccc3c(c2)CN(CC(O)CO)CCN3c2ccc(CF)cc2)n1. The van der Waals surface area contributed by atoms with Crippen molar-refractivity contribution in [1.82, 2.24) is 9.88 Å². The molecule has 0 radical (unpaired) electrons. The van der Waals surface area contributed by atoms with Gasteiger partial charge in [0, 0.05) is 43.1 Å². The highest BCUT2D eigenvalue weighted by atomic mass is 19.1. The molecule has 4 rings (SSSR count). The number of hydrogen-bond donors (Lipinski definition) is 3. The Morgan fingerprint density at radius 1 is 1.12 bits per heavy atom. The molecule has 1 aromatic heterocycles. The summed E-state index contributed by atoms with van der Waals surface area (Å²) in [5, 5.41) is 19.3. The Balaban J connectivity index is 1.74. The average molecular weight is 451 g/mol. The number of nitrogens with two attached hydrogens (primary N) is 1. The van der Waals surface area contributed by atoms with Gasteiger partial charge in [0.1, 0.15) is 12.4 Å². The number of halogens is 1. The zero-order valence-electron chi connectivity index (χ0n) is 18.2. The van der Waals surface area contributed by atoms with E-state index in [1.807, 2.05) is 36.4 Å². The van der Waals surface area contributed by atoms with Gasteiger partial charge < -0.3 is 20.8 Å². The minimum Gasteiger partial charge on any atom is -0.394 e. The molecule has 0 bridgehead atoms. The van der Waals surface area contributed by atoms with E-state index in [1.54, 1.807) is 24.3 Å². The summed E-state index contributed by atoms with van der Waals surface area (Å²) in [6.45, 7) is 1.42. The third-order valence-corrected chi connectivity index (χ3v) is 5.78. The van der Waals surface area contributed by atoms with Crippen molar-refractivity contribution in [3.8, 4) is 11.3 Å². The normalized spacial score (nSPS) is 15.1. The summed E-state index contributed by atoms with van der Waals surface area (Å²) in [4.78, 5) is 20.2. The van der Waals surface area contributed by atoms with E-state index in [2.05, 4.69) is 14.8 Å². The highest BCUT2D eigenvalue weighted by Crippen LogP contribution is 2.34. The van der Waals surface area contributed by atoms with E-state index in [4.69, 9.17) is 5.73 Å². The standard InChI is InChI=1S/C25H27FN4O3/c26-13-17-4-7-20(8-5-17)30-11-10-29(15-21(32)16-31)14-19-12-18(6-9-24(19)30)22-2-1-3-23(28-22)25(27)33/h1-9,12,21,31-32H,10-11,13-16H2,(H2,27,33). The molecule has 2 heterocycles. The molecule has 8 heteroatoms. The first kappa shape index (κ1) is 22.8. The number of benzene rings is 2. The van der Waals surface area contributed by atoms with Gasteiger partial charge in [-0.15, -0.1) is 0 Å². The molecule has 172 valence electrons. The first-order valence-electron chi connectivity index (χ1n) is 10.8. The molecule has 0 aliphatic carbocycles. The van der Waals surface area contributed by atoms with Crippen molar-refractivity contribution in [2.75, 3.05) is 31.1 Å². The van der Waals surface area contributed by atoms with Gasteiger partial charge in [0.05, 0.1) is 18.4 Å². The van der Waals surface area contributed by atoms with E-state index in [0.717, 1.165) is 22.5 Å². The second-order valence-electron chi connectivity index (χ2n) is 8.14. The number of carbonyl (C=O) groups is 1. The van der Waals surface area contributed by atoms with E-state index < -0.39 is 18.7 Å². The number of alkyl halides is 1. The van der Waals surface area contributed by atoms with Crippen molar-refractivity contribution in [1.29, 1.82) is 0 Å². The topological polar surface area (TPSA) is 103 Å². The van der Waals surface area contributed by atoms with Crippen molar-refractivity contribution in [3.05, 3.63) is 77.5 Å². The Kier molecular flexibility index (Phi) is 6.98. The lowest BCUT2D eigenvalue weighted by molar-refractivity contribution is 0.0584. The van der Waals surface area contributed by atoms with Gasteiger partial charge in [-0.2, -0.15) is 0 Å². The first-order valence-corrected chi connectivity index (χ1v) is 10.8. The van der Waals surface area contributed by atoms with Crippen LogP contribution in [0, 0.1) is 0 Å². The Bertz CT molecular complexity index is 1120. The summed E-state index contributed by atoms with van der Waals surface area (Å²) < 4.78 is 13.0. The zero-order chi connectivity index (χ0) is 23.4. The van der Waals surface area contributed by atoms with Crippen LogP contribution < -0.4 is 10.6 Å². The van der Waals surface area contributed by atoms with E-state index in [9.17, 15) is 19.4 Å². The smallest absolute Gasteiger partial charge is 0.267 e. The zero-order valence-corrected chi connectivity index (χ0v) is 18.2. The number of primary amides is 1. The van der Waals surface area contributed by atoms with Crippen LogP contribution in [0.25, 0.3) is 11.3 Å². The Labute approximate surface area is 191 Å². The summed E-state index contributed by atoms with van der Waals surface area (Å²) >= 11 is 0. The molecule has 1 amide bonds. The van der Waals surface area contributed by atoms with Gasteiger partial charge in [-0.05, 0) is 47.5 Å². The molecule has 3 aromatic rings. The van der Waals surface area contributed by atoms with Crippen LogP contribution in [-0.4, -0.2) is 58.3 Å². The van der Waals surface area contributed by atoms with Gasteiger partial charge in [-0.1, -0.05) is 24.3 Å². The van der Waals surface area contributed by atoms with Crippen molar-refractivity contribution in [2.45, 2.75) is 19.3 Å². The van der Waals surface area contributed by atoms with Crippen LogP contribution >= 0.6 is 0 Å². The van der Waals surface area contributed by atoms with Gasteiger partial charge in [0.15, 0.2) is 0 Å². The molecule has 1 unspecified atom stereocenters. The van der Waals surface area contributed by atoms with Gasteiger partial charge in [-0.25, -0.2) is 9.37 Å². The third-order valence-electron chi connectivity index (χ3n) is 5.78. The summed E-state index contributed by atoms with van der Waals surface area (Å²) in [7, 11) is 0. The molecule has 0 saturated carbocycles. The van der Waals surface area contributed by atoms with Crippen LogP contribution in [0.4, 0.5) is 15.8 Å². The van der Waals surface area contributed by atoms with E-state index in [0.29, 0.717) is 37.4 Å². The molecular weight excluding hydrogens is 423 g/mol. The number of amides is 1. The quantitative estimate of drug-likeness (QED) is 0.511. The number of rotatable bonds is 7. The van der Waals surface area contributed by atoms with Crippen LogP contribution in [0.15, 0.2) is 60.7 Å². The van der Waals surface area contributed by atoms with Gasteiger partial charge in [-0.3, -0.25) is 9.69 Å². The largest absolute Gasteiger partial charge is 0.394 e.